The predicted molar refractivity (Wildman–Crippen MR) is 77.3 cm³/mol. The number of hydrogen-bond donors (Lipinski definition) is 2. The van der Waals surface area contributed by atoms with Crippen molar-refractivity contribution in [3.63, 3.8) is 0 Å². The lowest BCUT2D eigenvalue weighted by Gasteiger charge is -2.29. The van der Waals surface area contributed by atoms with Crippen LogP contribution in [0.4, 0.5) is 13.2 Å². The first-order valence-electron chi connectivity index (χ1n) is 7.21. The summed E-state index contributed by atoms with van der Waals surface area (Å²) in [5.41, 5.74) is 0.580. The van der Waals surface area contributed by atoms with E-state index in [1.807, 2.05) is 0 Å². The molecule has 1 amide bonds. The Labute approximate surface area is 136 Å². The van der Waals surface area contributed by atoms with Crippen LogP contribution in [0.2, 0.25) is 0 Å². The zero-order chi connectivity index (χ0) is 17.9. The molecule has 1 aromatic carbocycles. The van der Waals surface area contributed by atoms with Crippen LogP contribution in [0.3, 0.4) is 0 Å². The lowest BCUT2D eigenvalue weighted by molar-refractivity contribution is -0.154. The molecule has 0 bridgehead atoms. The quantitative estimate of drug-likeness (QED) is 0.634. The summed E-state index contributed by atoms with van der Waals surface area (Å²) in [7, 11) is -1.58. The third kappa shape index (κ3) is 4.41. The first kappa shape index (κ1) is 18.1. The minimum atomic E-state index is -4.64. The number of hydrogen-bond acceptors (Lipinski definition) is 5. The molecule has 2 rings (SSSR count). The molecular formula is C14H15BF3NO5. The van der Waals surface area contributed by atoms with Gasteiger partial charge in [-0.05, 0) is 25.0 Å². The molecule has 0 saturated heterocycles. The number of esters is 1. The maximum Gasteiger partial charge on any atom is 0.547 e. The van der Waals surface area contributed by atoms with Crippen LogP contribution in [0, 0.1) is 0 Å². The van der Waals surface area contributed by atoms with Crippen molar-refractivity contribution in [2.45, 2.75) is 31.9 Å². The Bertz CT molecular complexity index is 637. The number of para-hydroxylation sites is 1. The molecule has 24 heavy (non-hydrogen) atoms. The second kappa shape index (κ2) is 7.12. The van der Waals surface area contributed by atoms with Crippen LogP contribution in [0.15, 0.2) is 18.2 Å². The van der Waals surface area contributed by atoms with Crippen LogP contribution >= 0.6 is 0 Å². The molecule has 1 aliphatic rings. The molecule has 0 aliphatic carbocycles. The standard InChI is InChI=1S/C14H15BF3NO5/c1-2-23-13(21)9-5-3-4-8-6-10(15(22)24-12(8)9)19-11(20)7-14(16,17)18/h3-5,10,22H,2,6-7H2,1H3,(H,19,20)/t10-/m0/s1. The monoisotopic (exact) mass is 345 g/mol. The summed E-state index contributed by atoms with van der Waals surface area (Å²) in [5, 5.41) is 12.0. The first-order chi connectivity index (χ1) is 11.2. The van der Waals surface area contributed by atoms with Gasteiger partial charge in [-0.15, -0.1) is 0 Å². The maximum absolute atomic E-state index is 12.2. The molecular weight excluding hydrogens is 330 g/mol. The number of fused-ring (bicyclic) bond motifs is 1. The Balaban J connectivity index is 2.15. The zero-order valence-electron chi connectivity index (χ0n) is 12.7. The van der Waals surface area contributed by atoms with Crippen molar-refractivity contribution in [1.82, 2.24) is 5.32 Å². The van der Waals surface area contributed by atoms with E-state index in [4.69, 9.17) is 9.39 Å². The normalized spacial score (nSPS) is 16.9. The minimum Gasteiger partial charge on any atom is -0.534 e. The Morgan fingerprint density at radius 1 is 1.46 bits per heavy atom. The van der Waals surface area contributed by atoms with Gasteiger partial charge in [-0.1, -0.05) is 12.1 Å². The Kier molecular flexibility index (Phi) is 5.38. The number of benzene rings is 1. The number of carbonyl (C=O) groups is 2. The second-order valence-corrected chi connectivity index (χ2v) is 5.19. The summed E-state index contributed by atoms with van der Waals surface area (Å²) in [5.74, 6) is -2.85. The van der Waals surface area contributed by atoms with Crippen LogP contribution in [-0.4, -0.2) is 42.7 Å². The molecule has 0 aromatic heterocycles. The zero-order valence-corrected chi connectivity index (χ0v) is 12.7. The Morgan fingerprint density at radius 3 is 2.79 bits per heavy atom. The summed E-state index contributed by atoms with van der Waals surface area (Å²) in [4.78, 5) is 23.2. The molecule has 1 atom stereocenters. The highest BCUT2D eigenvalue weighted by Crippen LogP contribution is 2.30. The summed E-state index contributed by atoms with van der Waals surface area (Å²) in [6.07, 6.45) is -6.27. The number of carbonyl (C=O) groups excluding carboxylic acids is 2. The average molecular weight is 345 g/mol. The van der Waals surface area contributed by atoms with E-state index in [-0.39, 0.29) is 24.3 Å². The minimum absolute atomic E-state index is 0.0212. The summed E-state index contributed by atoms with van der Waals surface area (Å²) in [6.45, 7) is 1.79. The van der Waals surface area contributed by atoms with Crippen molar-refractivity contribution >= 4 is 19.0 Å². The van der Waals surface area contributed by atoms with Crippen molar-refractivity contribution in [2.75, 3.05) is 6.61 Å². The van der Waals surface area contributed by atoms with E-state index >= 15 is 0 Å². The fraction of sp³-hybridized carbons (Fsp3) is 0.429. The van der Waals surface area contributed by atoms with E-state index in [2.05, 4.69) is 5.32 Å². The van der Waals surface area contributed by atoms with Crippen LogP contribution in [0.1, 0.15) is 29.3 Å². The van der Waals surface area contributed by atoms with Gasteiger partial charge < -0.3 is 19.7 Å². The van der Waals surface area contributed by atoms with Crippen molar-refractivity contribution in [3.8, 4) is 5.75 Å². The molecule has 0 fully saturated rings. The molecule has 2 N–H and O–H groups in total. The van der Waals surface area contributed by atoms with Gasteiger partial charge in [-0.25, -0.2) is 4.79 Å². The predicted octanol–water partition coefficient (Wildman–Crippen LogP) is 1.26. The van der Waals surface area contributed by atoms with Gasteiger partial charge in [-0.3, -0.25) is 4.79 Å². The number of nitrogens with one attached hydrogen (secondary N) is 1. The van der Waals surface area contributed by atoms with Gasteiger partial charge in [0.15, 0.2) is 0 Å². The fourth-order valence-electron chi connectivity index (χ4n) is 2.36. The molecule has 10 heteroatoms. The largest absolute Gasteiger partial charge is 0.547 e. The van der Waals surface area contributed by atoms with Gasteiger partial charge in [0, 0.05) is 0 Å². The molecule has 0 unspecified atom stereocenters. The molecule has 0 spiro atoms. The maximum atomic E-state index is 12.2. The van der Waals surface area contributed by atoms with Gasteiger partial charge in [0.25, 0.3) is 0 Å². The van der Waals surface area contributed by atoms with Crippen LogP contribution in [-0.2, 0) is 16.0 Å². The lowest BCUT2D eigenvalue weighted by atomic mass is 9.72. The third-order valence-corrected chi connectivity index (χ3v) is 3.32. The van der Waals surface area contributed by atoms with Crippen molar-refractivity contribution in [2.24, 2.45) is 0 Å². The molecule has 0 saturated carbocycles. The van der Waals surface area contributed by atoms with E-state index in [9.17, 15) is 27.8 Å². The molecule has 1 heterocycles. The molecule has 1 aliphatic heterocycles. The summed E-state index contributed by atoms with van der Waals surface area (Å²) >= 11 is 0. The molecule has 6 nitrogen and oxygen atoms in total. The average Bonchev–Trinajstić information content (AvgIpc) is 2.45. The smallest absolute Gasteiger partial charge is 0.534 e. The van der Waals surface area contributed by atoms with Gasteiger partial charge in [0.2, 0.25) is 5.91 Å². The Hall–Kier alpha value is -2.23. The van der Waals surface area contributed by atoms with Gasteiger partial charge in [0.05, 0.1) is 12.5 Å². The number of amides is 1. The van der Waals surface area contributed by atoms with Crippen molar-refractivity contribution < 1.29 is 37.2 Å². The summed E-state index contributed by atoms with van der Waals surface area (Å²) in [6, 6.07) is 4.60. The van der Waals surface area contributed by atoms with E-state index < -0.39 is 37.5 Å². The van der Waals surface area contributed by atoms with Crippen molar-refractivity contribution in [3.05, 3.63) is 29.3 Å². The second-order valence-electron chi connectivity index (χ2n) is 5.19. The third-order valence-electron chi connectivity index (χ3n) is 3.32. The SMILES string of the molecule is CCOC(=O)c1cccc2c1OB(O)[C@@H](NC(=O)CC(F)(F)F)C2. The highest BCUT2D eigenvalue weighted by Gasteiger charge is 2.39. The lowest BCUT2D eigenvalue weighted by Crippen LogP contribution is -2.53. The highest BCUT2D eigenvalue weighted by atomic mass is 19.4. The molecule has 0 radical (unpaired) electrons. The van der Waals surface area contributed by atoms with Crippen LogP contribution < -0.4 is 9.97 Å². The topological polar surface area (TPSA) is 84.9 Å². The molecule has 130 valence electrons. The van der Waals surface area contributed by atoms with E-state index in [1.165, 1.54) is 6.07 Å². The fourth-order valence-corrected chi connectivity index (χ4v) is 2.36. The van der Waals surface area contributed by atoms with Gasteiger partial charge in [-0.2, -0.15) is 13.2 Å². The summed E-state index contributed by atoms with van der Waals surface area (Å²) < 4.78 is 46.7. The number of ether oxygens (including phenoxy) is 1. The number of rotatable bonds is 4. The van der Waals surface area contributed by atoms with Crippen LogP contribution in [0.25, 0.3) is 0 Å². The number of halogens is 3. The van der Waals surface area contributed by atoms with Crippen molar-refractivity contribution in [1.29, 1.82) is 0 Å². The van der Waals surface area contributed by atoms with E-state index in [1.54, 1.807) is 19.1 Å². The first-order valence-corrected chi connectivity index (χ1v) is 7.21. The van der Waals surface area contributed by atoms with E-state index in [0.29, 0.717) is 5.56 Å². The Morgan fingerprint density at radius 2 is 2.17 bits per heavy atom. The van der Waals surface area contributed by atoms with E-state index in [0.717, 1.165) is 0 Å². The van der Waals surface area contributed by atoms with Crippen LogP contribution in [0.5, 0.6) is 5.75 Å². The van der Waals surface area contributed by atoms with Gasteiger partial charge in [0.1, 0.15) is 17.7 Å². The number of alkyl halides is 3. The van der Waals surface area contributed by atoms with Gasteiger partial charge >= 0.3 is 19.3 Å². The highest BCUT2D eigenvalue weighted by molar-refractivity contribution is 6.47. The molecule has 1 aromatic rings.